The van der Waals surface area contributed by atoms with E-state index in [0.29, 0.717) is 17.7 Å². The van der Waals surface area contributed by atoms with Crippen LogP contribution in [-0.4, -0.2) is 13.5 Å². The van der Waals surface area contributed by atoms with E-state index in [1.54, 1.807) is 4.72 Å². The number of aryl methyl sites for hydroxylation is 1. The maximum Gasteiger partial charge on any atom is 0.263 e. The molecule has 1 aromatic heterocycles. The lowest BCUT2D eigenvalue weighted by Gasteiger charge is -2.11. The van der Waals surface area contributed by atoms with E-state index in [0.717, 1.165) is 11.3 Å². The van der Waals surface area contributed by atoms with Gasteiger partial charge in [-0.25, -0.2) is 21.6 Å². The molecule has 0 bridgehead atoms. The quantitative estimate of drug-likeness (QED) is 0.901. The lowest BCUT2D eigenvalue weighted by Crippen LogP contribution is -2.17. The third-order valence-electron chi connectivity index (χ3n) is 2.65. The molecule has 2 N–H and O–H groups in total. The van der Waals surface area contributed by atoms with Crippen LogP contribution in [0.2, 0.25) is 0 Å². The normalized spacial score (nSPS) is 11.7. The minimum atomic E-state index is -4.30. The molecule has 0 fully saturated rings. The van der Waals surface area contributed by atoms with Crippen LogP contribution in [0.25, 0.3) is 0 Å². The summed E-state index contributed by atoms with van der Waals surface area (Å²) in [6, 6.07) is 0.739. The number of thiophene rings is 1. The number of benzene rings is 1. The first-order chi connectivity index (χ1) is 9.76. The summed E-state index contributed by atoms with van der Waals surface area (Å²) in [5.41, 5.74) is -0.634. The number of anilines is 1. The van der Waals surface area contributed by atoms with Gasteiger partial charge in [-0.2, -0.15) is 0 Å². The second-order valence-electron chi connectivity index (χ2n) is 4.18. The van der Waals surface area contributed by atoms with E-state index in [1.165, 1.54) is 12.3 Å². The Kier molecular flexibility index (Phi) is 4.26. The van der Waals surface area contributed by atoms with Crippen molar-refractivity contribution in [3.63, 3.8) is 0 Å². The number of hydrogen-bond acceptors (Lipinski definition) is 4. The van der Waals surface area contributed by atoms with Gasteiger partial charge in [0.2, 0.25) is 0 Å². The third kappa shape index (κ3) is 3.04. The van der Waals surface area contributed by atoms with Gasteiger partial charge in [0.05, 0.1) is 11.5 Å². The molecule has 0 aliphatic rings. The highest BCUT2D eigenvalue weighted by Gasteiger charge is 2.25. The molecule has 2 aromatic rings. The molecular formula is C12H10F3NO3S2. The van der Waals surface area contributed by atoms with Crippen LogP contribution in [0.15, 0.2) is 22.4 Å². The van der Waals surface area contributed by atoms with Crippen molar-refractivity contribution in [2.45, 2.75) is 18.4 Å². The van der Waals surface area contributed by atoms with Crippen LogP contribution < -0.4 is 4.72 Å². The van der Waals surface area contributed by atoms with Gasteiger partial charge >= 0.3 is 0 Å². The van der Waals surface area contributed by atoms with E-state index in [2.05, 4.69) is 0 Å². The van der Waals surface area contributed by atoms with E-state index < -0.39 is 39.8 Å². The summed E-state index contributed by atoms with van der Waals surface area (Å²) < 4.78 is 66.0. The molecule has 0 spiro atoms. The van der Waals surface area contributed by atoms with Gasteiger partial charge in [-0.15, -0.1) is 11.3 Å². The van der Waals surface area contributed by atoms with Gasteiger partial charge < -0.3 is 5.11 Å². The predicted octanol–water partition coefficient (Wildman–Crippen LogP) is 2.77. The number of aliphatic hydroxyl groups excluding tert-OH is 1. The maximum atomic E-state index is 13.5. The first-order valence-electron chi connectivity index (χ1n) is 5.61. The van der Waals surface area contributed by atoms with Crippen molar-refractivity contribution in [1.82, 2.24) is 0 Å². The Morgan fingerprint density at radius 1 is 1.24 bits per heavy atom. The molecule has 0 saturated heterocycles. The fraction of sp³-hybridized carbons (Fsp3) is 0.167. The zero-order valence-corrected chi connectivity index (χ0v) is 12.3. The lowest BCUT2D eigenvalue weighted by molar-refractivity contribution is 0.282. The van der Waals surface area contributed by atoms with Crippen LogP contribution in [0, 0.1) is 24.4 Å². The number of nitrogens with one attached hydrogen (secondary N) is 1. The number of sulfonamides is 1. The molecule has 21 heavy (non-hydrogen) atoms. The average Bonchev–Trinajstić information content (AvgIpc) is 2.76. The summed E-state index contributed by atoms with van der Waals surface area (Å²) in [6.45, 7) is 0.963. The van der Waals surface area contributed by atoms with Crippen molar-refractivity contribution < 1.29 is 26.7 Å². The second kappa shape index (κ2) is 5.66. The van der Waals surface area contributed by atoms with Crippen molar-refractivity contribution in [1.29, 1.82) is 0 Å². The summed E-state index contributed by atoms with van der Waals surface area (Å²) in [4.78, 5) is -0.0962. The highest BCUT2D eigenvalue weighted by molar-refractivity contribution is 7.93. The standard InChI is InChI=1S/C12H10F3NO3S2/c1-6-5-20-10(4-17)12(6)21(18,19)16-11-8(14)2-7(13)3-9(11)15/h2-3,5,16-17H,4H2,1H3. The van der Waals surface area contributed by atoms with Crippen LogP contribution in [0.3, 0.4) is 0 Å². The maximum absolute atomic E-state index is 13.5. The van der Waals surface area contributed by atoms with E-state index >= 15 is 0 Å². The molecule has 0 aliphatic carbocycles. The largest absolute Gasteiger partial charge is 0.391 e. The Balaban J connectivity index is 2.50. The fourth-order valence-corrected chi connectivity index (χ4v) is 4.52. The summed E-state index contributed by atoms with van der Waals surface area (Å²) >= 11 is 1.01. The molecule has 0 unspecified atom stereocenters. The lowest BCUT2D eigenvalue weighted by atomic mass is 10.3. The molecule has 0 saturated carbocycles. The number of rotatable bonds is 4. The van der Waals surface area contributed by atoms with Crippen LogP contribution in [0.1, 0.15) is 10.4 Å². The fourth-order valence-electron chi connectivity index (χ4n) is 1.78. The van der Waals surface area contributed by atoms with Gasteiger partial charge in [0.1, 0.15) is 16.4 Å². The van der Waals surface area contributed by atoms with Gasteiger partial charge in [0.15, 0.2) is 11.6 Å². The molecule has 1 heterocycles. The van der Waals surface area contributed by atoms with Crippen molar-refractivity contribution >= 4 is 27.0 Å². The molecular weight excluding hydrogens is 327 g/mol. The molecule has 1 aromatic carbocycles. The van der Waals surface area contributed by atoms with Crippen LogP contribution in [0.4, 0.5) is 18.9 Å². The Labute approximate surface area is 122 Å². The monoisotopic (exact) mass is 337 g/mol. The minimum Gasteiger partial charge on any atom is -0.391 e. The zero-order chi connectivity index (χ0) is 15.8. The molecule has 4 nitrogen and oxygen atoms in total. The number of halogens is 3. The Morgan fingerprint density at radius 2 is 1.81 bits per heavy atom. The SMILES string of the molecule is Cc1csc(CO)c1S(=O)(=O)Nc1c(F)cc(F)cc1F. The molecule has 0 amide bonds. The molecule has 114 valence electrons. The topological polar surface area (TPSA) is 66.4 Å². The summed E-state index contributed by atoms with van der Waals surface area (Å²) in [5.74, 6) is -3.89. The minimum absolute atomic E-state index is 0.142. The van der Waals surface area contributed by atoms with Crippen molar-refractivity contribution in [2.24, 2.45) is 0 Å². The first kappa shape index (κ1) is 15.8. The summed E-state index contributed by atoms with van der Waals surface area (Å²) in [5, 5.41) is 10.6. The van der Waals surface area contributed by atoms with E-state index in [1.807, 2.05) is 0 Å². The predicted molar refractivity (Wildman–Crippen MR) is 72.1 cm³/mol. The van der Waals surface area contributed by atoms with Crippen LogP contribution in [-0.2, 0) is 16.6 Å². The number of hydrogen-bond donors (Lipinski definition) is 2. The third-order valence-corrected chi connectivity index (χ3v) is 5.44. The van der Waals surface area contributed by atoms with Gasteiger partial charge in [-0.1, -0.05) is 0 Å². The summed E-state index contributed by atoms with van der Waals surface area (Å²) in [7, 11) is -4.30. The van der Waals surface area contributed by atoms with Gasteiger partial charge in [-0.3, -0.25) is 4.72 Å². The molecule has 9 heteroatoms. The Bertz CT molecular complexity index is 764. The van der Waals surface area contributed by atoms with Crippen molar-refractivity contribution in [3.8, 4) is 0 Å². The van der Waals surface area contributed by atoms with Crippen LogP contribution in [0.5, 0.6) is 0 Å². The van der Waals surface area contributed by atoms with E-state index in [4.69, 9.17) is 5.11 Å². The average molecular weight is 337 g/mol. The Morgan fingerprint density at radius 3 is 2.33 bits per heavy atom. The van der Waals surface area contributed by atoms with E-state index in [-0.39, 0.29) is 9.77 Å². The highest BCUT2D eigenvalue weighted by Crippen LogP contribution is 2.30. The zero-order valence-electron chi connectivity index (χ0n) is 10.7. The molecule has 0 radical (unpaired) electrons. The van der Waals surface area contributed by atoms with Crippen molar-refractivity contribution in [3.05, 3.63) is 45.4 Å². The summed E-state index contributed by atoms with van der Waals surface area (Å²) in [6.07, 6.45) is 0. The van der Waals surface area contributed by atoms with Crippen molar-refractivity contribution in [2.75, 3.05) is 4.72 Å². The van der Waals surface area contributed by atoms with Gasteiger partial charge in [-0.05, 0) is 17.9 Å². The highest BCUT2D eigenvalue weighted by atomic mass is 32.2. The van der Waals surface area contributed by atoms with E-state index in [9.17, 15) is 21.6 Å². The smallest absolute Gasteiger partial charge is 0.263 e. The van der Waals surface area contributed by atoms with Gasteiger partial charge in [0.25, 0.3) is 10.0 Å². The van der Waals surface area contributed by atoms with Gasteiger partial charge in [0, 0.05) is 12.1 Å². The first-order valence-corrected chi connectivity index (χ1v) is 7.97. The molecule has 0 atom stereocenters. The number of aliphatic hydroxyl groups is 1. The van der Waals surface area contributed by atoms with Crippen LogP contribution >= 0.6 is 11.3 Å². The second-order valence-corrected chi connectivity index (χ2v) is 6.76. The Hall–Kier alpha value is -1.58. The molecule has 0 aliphatic heterocycles. The molecule has 2 rings (SSSR count).